The Labute approximate surface area is 158 Å². The number of aliphatic imine (C=N–C) groups is 1. The van der Waals surface area contributed by atoms with Gasteiger partial charge in [-0.05, 0) is 30.3 Å². The van der Waals surface area contributed by atoms with Crippen molar-refractivity contribution in [3.05, 3.63) is 59.1 Å². The molecule has 0 saturated carbocycles. The minimum atomic E-state index is -4.48. The molecule has 0 radical (unpaired) electrons. The van der Waals surface area contributed by atoms with E-state index < -0.39 is 11.7 Å². The first-order valence-electron chi connectivity index (χ1n) is 7.70. The van der Waals surface area contributed by atoms with Crippen LogP contribution < -0.4 is 10.7 Å². The average molecular weight is 400 g/mol. The lowest BCUT2D eigenvalue weighted by atomic mass is 10.2. The number of halogens is 4. The van der Waals surface area contributed by atoms with Crippen LogP contribution in [0.4, 0.5) is 24.5 Å². The van der Waals surface area contributed by atoms with Crippen molar-refractivity contribution in [3.63, 3.8) is 0 Å². The van der Waals surface area contributed by atoms with Crippen LogP contribution in [0.2, 0.25) is 5.02 Å². The van der Waals surface area contributed by atoms with Crippen LogP contribution in [0.25, 0.3) is 0 Å². The highest BCUT2D eigenvalue weighted by Crippen LogP contribution is 2.35. The van der Waals surface area contributed by atoms with Crippen LogP contribution in [0, 0.1) is 0 Å². The molecule has 0 amide bonds. The first-order valence-corrected chi connectivity index (χ1v) is 8.49. The van der Waals surface area contributed by atoms with Crippen LogP contribution in [-0.4, -0.2) is 29.1 Å². The highest BCUT2D eigenvalue weighted by molar-refractivity contribution is 7.80. The second-order valence-corrected chi connectivity index (χ2v) is 6.53. The van der Waals surface area contributed by atoms with Gasteiger partial charge in [-0.25, -0.2) is 10.4 Å². The number of hydrogen-bond donors (Lipinski definition) is 2. The van der Waals surface area contributed by atoms with E-state index in [-0.39, 0.29) is 15.4 Å². The van der Waals surface area contributed by atoms with Crippen molar-refractivity contribution in [2.45, 2.75) is 6.18 Å². The minimum Gasteiger partial charge on any atom is -0.299 e. The quantitative estimate of drug-likeness (QED) is 0.567. The molecule has 4 nitrogen and oxygen atoms in total. The van der Waals surface area contributed by atoms with Crippen molar-refractivity contribution in [2.24, 2.45) is 4.99 Å². The van der Waals surface area contributed by atoms with E-state index in [1.807, 2.05) is 0 Å². The van der Waals surface area contributed by atoms with Gasteiger partial charge in [-0.1, -0.05) is 29.8 Å². The lowest BCUT2D eigenvalue weighted by molar-refractivity contribution is -0.704. The number of nitrogens with zero attached hydrogens (tertiary/aromatic N) is 2. The lowest BCUT2D eigenvalue weighted by Gasteiger charge is -2.31. The lowest BCUT2D eigenvalue weighted by Crippen LogP contribution is -2.57. The summed E-state index contributed by atoms with van der Waals surface area (Å²) in [5, 5.41) is 3.82. The van der Waals surface area contributed by atoms with Crippen LogP contribution in [0.1, 0.15) is 5.56 Å². The maximum atomic E-state index is 13.3. The molecule has 26 heavy (non-hydrogen) atoms. The predicted octanol–water partition coefficient (Wildman–Crippen LogP) is 4.94. The molecule has 2 N–H and O–H groups in total. The Morgan fingerprint density at radius 3 is 2.58 bits per heavy atom. The standard InChI is InChI=1S/C17H14ClF3N4S/c18-12-4-3-5-13(10-12)23-16(26)25(9-8-22-11-25)24-15-7-2-1-6-14(15)17(19,20)21/h1-7,10-11,24H,8-9H2/p+1. The molecule has 0 aromatic heterocycles. The molecule has 0 saturated heterocycles. The highest BCUT2D eigenvalue weighted by atomic mass is 35.5. The number of para-hydroxylation sites is 1. The number of nitrogens with one attached hydrogen (secondary N) is 2. The summed E-state index contributed by atoms with van der Waals surface area (Å²) in [6.45, 7) is 0.830. The Kier molecular flexibility index (Phi) is 5.17. The highest BCUT2D eigenvalue weighted by Gasteiger charge is 2.40. The predicted molar refractivity (Wildman–Crippen MR) is 101 cm³/mol. The summed E-state index contributed by atoms with van der Waals surface area (Å²) < 4.78 is 39.7. The van der Waals surface area contributed by atoms with Gasteiger partial charge in [0.1, 0.15) is 6.54 Å². The maximum absolute atomic E-state index is 13.3. The van der Waals surface area contributed by atoms with Crippen LogP contribution >= 0.6 is 23.8 Å². The summed E-state index contributed by atoms with van der Waals surface area (Å²) in [6, 6.07) is 12.2. The van der Waals surface area contributed by atoms with Crippen LogP contribution in [0.3, 0.4) is 0 Å². The fraction of sp³-hybridized carbons (Fsp3) is 0.176. The molecule has 1 aliphatic heterocycles. The zero-order chi connectivity index (χ0) is 18.8. The van der Waals surface area contributed by atoms with E-state index in [0.717, 1.165) is 6.07 Å². The van der Waals surface area contributed by atoms with Gasteiger partial charge in [0.2, 0.25) is 6.34 Å². The van der Waals surface area contributed by atoms with Crippen molar-refractivity contribution in [3.8, 4) is 0 Å². The molecule has 0 fully saturated rings. The van der Waals surface area contributed by atoms with Crippen LogP contribution in [0.15, 0.2) is 53.5 Å². The third kappa shape index (κ3) is 3.98. The van der Waals surface area contributed by atoms with Gasteiger partial charge < -0.3 is 0 Å². The summed E-state index contributed by atoms with van der Waals surface area (Å²) >= 11 is 11.4. The third-order valence-corrected chi connectivity index (χ3v) is 4.51. The van der Waals surface area contributed by atoms with Crippen LogP contribution in [0.5, 0.6) is 0 Å². The molecule has 0 spiro atoms. The van der Waals surface area contributed by atoms with E-state index in [2.05, 4.69) is 15.7 Å². The fourth-order valence-electron chi connectivity index (χ4n) is 2.59. The van der Waals surface area contributed by atoms with Crippen molar-refractivity contribution >= 4 is 46.6 Å². The first-order chi connectivity index (χ1) is 12.3. The SMILES string of the molecule is FC(F)(F)c1ccccc1N[N+]1(C(=S)Nc2cccc(Cl)c2)C=NCC1. The van der Waals surface area contributed by atoms with Crippen molar-refractivity contribution in [2.75, 3.05) is 23.8 Å². The van der Waals surface area contributed by atoms with Gasteiger partial charge in [0, 0.05) is 22.9 Å². The number of benzene rings is 2. The number of thiocarbonyl (C=S) groups is 1. The molecule has 3 rings (SSSR count). The monoisotopic (exact) mass is 399 g/mol. The molecule has 9 heteroatoms. The Bertz CT molecular complexity index is 856. The van der Waals surface area contributed by atoms with E-state index in [1.54, 1.807) is 24.3 Å². The van der Waals surface area contributed by atoms with E-state index in [0.29, 0.717) is 23.8 Å². The normalized spacial score (nSPS) is 19.4. The second-order valence-electron chi connectivity index (χ2n) is 5.71. The number of quaternary nitrogens is 1. The number of hydrogen-bond acceptors (Lipinski definition) is 3. The Morgan fingerprint density at radius 1 is 1.15 bits per heavy atom. The van der Waals surface area contributed by atoms with E-state index in [4.69, 9.17) is 23.8 Å². The smallest absolute Gasteiger partial charge is 0.299 e. The van der Waals surface area contributed by atoms with Gasteiger partial charge in [0.25, 0.3) is 0 Å². The van der Waals surface area contributed by atoms with Crippen molar-refractivity contribution in [1.82, 2.24) is 0 Å². The second kappa shape index (κ2) is 7.22. The number of rotatable bonds is 3. The van der Waals surface area contributed by atoms with E-state index >= 15 is 0 Å². The van der Waals surface area contributed by atoms with Gasteiger partial charge in [-0.2, -0.15) is 13.2 Å². The molecule has 1 atom stereocenters. The molecule has 1 heterocycles. The van der Waals surface area contributed by atoms with Gasteiger partial charge in [-0.3, -0.25) is 5.32 Å². The zero-order valence-electron chi connectivity index (χ0n) is 13.4. The number of anilines is 2. The largest absolute Gasteiger partial charge is 0.418 e. The Balaban J connectivity index is 1.90. The molecule has 0 aliphatic carbocycles. The van der Waals surface area contributed by atoms with Gasteiger partial charge in [-0.15, -0.1) is 4.59 Å². The molecule has 1 aliphatic rings. The summed E-state index contributed by atoms with van der Waals surface area (Å²) in [7, 11) is 0. The van der Waals surface area contributed by atoms with Crippen molar-refractivity contribution in [1.29, 1.82) is 0 Å². The first kappa shape index (κ1) is 18.6. The van der Waals surface area contributed by atoms with Crippen LogP contribution in [-0.2, 0) is 6.18 Å². The molecule has 2 aromatic carbocycles. The minimum absolute atomic E-state index is 0.0661. The summed E-state index contributed by atoms with van der Waals surface area (Å²) in [6.07, 6.45) is -2.97. The van der Waals surface area contributed by atoms with Gasteiger partial charge in [0.05, 0.1) is 17.8 Å². The summed E-state index contributed by atoms with van der Waals surface area (Å²) in [4.78, 5) is 4.16. The Hall–Kier alpha value is -2.16. The molecule has 0 bridgehead atoms. The molecular weight excluding hydrogens is 385 g/mol. The van der Waals surface area contributed by atoms with Crippen molar-refractivity contribution < 1.29 is 17.8 Å². The third-order valence-electron chi connectivity index (χ3n) is 3.85. The topological polar surface area (TPSA) is 36.4 Å². The molecule has 1 unspecified atom stereocenters. The van der Waals surface area contributed by atoms with E-state index in [1.165, 1.54) is 24.5 Å². The maximum Gasteiger partial charge on any atom is 0.418 e. The molecule has 2 aromatic rings. The fourth-order valence-corrected chi connectivity index (χ4v) is 3.08. The van der Waals surface area contributed by atoms with E-state index in [9.17, 15) is 13.2 Å². The summed E-state index contributed by atoms with van der Waals surface area (Å²) in [5.41, 5.74) is 2.71. The van der Waals surface area contributed by atoms with Gasteiger partial charge >= 0.3 is 11.3 Å². The Morgan fingerprint density at radius 2 is 1.92 bits per heavy atom. The van der Waals surface area contributed by atoms with Gasteiger partial charge in [0.15, 0.2) is 0 Å². The summed E-state index contributed by atoms with van der Waals surface area (Å²) in [5.74, 6) is 0. The number of alkyl halides is 3. The zero-order valence-corrected chi connectivity index (χ0v) is 15.0. The molecule has 136 valence electrons. The average Bonchev–Trinajstić information content (AvgIpc) is 3.04. The molecular formula is C17H15ClF3N4S+.